The van der Waals surface area contributed by atoms with E-state index in [0.717, 1.165) is 4.47 Å². The van der Waals surface area contributed by atoms with Crippen molar-refractivity contribution in [2.75, 3.05) is 4.72 Å². The Balaban J connectivity index is 2.34. The molecule has 0 saturated heterocycles. The molecule has 0 aliphatic heterocycles. The lowest BCUT2D eigenvalue weighted by molar-refractivity contribution is 0.285. The van der Waals surface area contributed by atoms with Gasteiger partial charge >= 0.3 is 0 Å². The van der Waals surface area contributed by atoms with Crippen LogP contribution < -0.4 is 4.72 Å². The second-order valence-electron chi connectivity index (χ2n) is 3.91. The molecule has 19 heavy (non-hydrogen) atoms. The van der Waals surface area contributed by atoms with Crippen molar-refractivity contribution >= 4 is 43.0 Å². The quantitative estimate of drug-likeness (QED) is 0.878. The maximum atomic E-state index is 12.3. The molecule has 2 rings (SSSR count). The molecule has 0 bridgehead atoms. The van der Waals surface area contributed by atoms with E-state index in [1.54, 1.807) is 25.1 Å². The predicted molar refractivity (Wildman–Crippen MR) is 79.9 cm³/mol. The molecule has 0 aliphatic rings. The van der Waals surface area contributed by atoms with Crippen molar-refractivity contribution in [3.63, 3.8) is 0 Å². The monoisotopic (exact) mass is 361 g/mol. The predicted octanol–water partition coefficient (Wildman–Crippen LogP) is 3.11. The molecule has 0 fully saturated rings. The Morgan fingerprint density at radius 2 is 2.11 bits per heavy atom. The van der Waals surface area contributed by atoms with Crippen LogP contribution in [0.25, 0.3) is 0 Å². The molecule has 2 aromatic rings. The second kappa shape index (κ2) is 5.62. The van der Waals surface area contributed by atoms with Gasteiger partial charge in [-0.15, -0.1) is 11.3 Å². The van der Waals surface area contributed by atoms with Gasteiger partial charge in [-0.05, 0) is 31.2 Å². The number of halogens is 1. The average Bonchev–Trinajstić information content (AvgIpc) is 2.71. The third-order valence-corrected chi connectivity index (χ3v) is 5.61. The molecule has 0 atom stereocenters. The van der Waals surface area contributed by atoms with Gasteiger partial charge in [0.25, 0.3) is 10.0 Å². The van der Waals surface area contributed by atoms with Gasteiger partial charge in [-0.2, -0.15) is 0 Å². The van der Waals surface area contributed by atoms with Crippen molar-refractivity contribution in [1.82, 2.24) is 0 Å². The normalized spacial score (nSPS) is 11.5. The van der Waals surface area contributed by atoms with Gasteiger partial charge in [0.1, 0.15) is 4.90 Å². The summed E-state index contributed by atoms with van der Waals surface area (Å²) in [5.41, 5.74) is 0.491. The Labute approximate surface area is 124 Å². The van der Waals surface area contributed by atoms with E-state index in [1.807, 2.05) is 6.07 Å². The smallest absolute Gasteiger partial charge is 0.263 e. The van der Waals surface area contributed by atoms with Crippen molar-refractivity contribution in [1.29, 1.82) is 0 Å². The number of nitrogens with one attached hydrogen (secondary N) is 1. The molecule has 7 heteroatoms. The van der Waals surface area contributed by atoms with Crippen LogP contribution in [-0.4, -0.2) is 13.5 Å². The van der Waals surface area contributed by atoms with E-state index >= 15 is 0 Å². The average molecular weight is 362 g/mol. The molecule has 4 nitrogen and oxygen atoms in total. The van der Waals surface area contributed by atoms with Crippen molar-refractivity contribution in [2.45, 2.75) is 18.4 Å². The minimum atomic E-state index is -3.62. The summed E-state index contributed by atoms with van der Waals surface area (Å²) in [5.74, 6) is 0. The van der Waals surface area contributed by atoms with Crippen molar-refractivity contribution in [3.8, 4) is 0 Å². The molecule has 0 unspecified atom stereocenters. The SMILES string of the molecule is Cc1sc(CO)cc1S(=O)(=O)Nc1cccc(Br)c1. The maximum Gasteiger partial charge on any atom is 0.263 e. The molecule has 0 amide bonds. The first-order chi connectivity index (χ1) is 8.92. The van der Waals surface area contributed by atoms with Crippen LogP contribution in [0, 0.1) is 6.92 Å². The zero-order chi connectivity index (χ0) is 14.0. The summed E-state index contributed by atoms with van der Waals surface area (Å²) in [5, 5.41) is 9.06. The summed E-state index contributed by atoms with van der Waals surface area (Å²) in [6.07, 6.45) is 0. The highest BCUT2D eigenvalue weighted by molar-refractivity contribution is 9.10. The van der Waals surface area contributed by atoms with E-state index in [4.69, 9.17) is 5.11 Å². The van der Waals surface area contributed by atoms with E-state index in [-0.39, 0.29) is 11.5 Å². The van der Waals surface area contributed by atoms with Gasteiger partial charge in [0.15, 0.2) is 0 Å². The minimum Gasteiger partial charge on any atom is -0.391 e. The molecule has 0 radical (unpaired) electrons. The minimum absolute atomic E-state index is 0.155. The van der Waals surface area contributed by atoms with Crippen molar-refractivity contribution < 1.29 is 13.5 Å². The molecule has 1 heterocycles. The first kappa shape index (κ1) is 14.5. The standard InChI is InChI=1S/C12H12BrNO3S2/c1-8-12(6-11(7-15)18-8)19(16,17)14-10-4-2-3-9(13)5-10/h2-6,14-15H,7H2,1H3. The summed E-state index contributed by atoms with van der Waals surface area (Å²) < 4.78 is 27.8. The molecular weight excluding hydrogens is 350 g/mol. The summed E-state index contributed by atoms with van der Waals surface area (Å²) in [4.78, 5) is 1.50. The number of rotatable bonds is 4. The zero-order valence-electron chi connectivity index (χ0n) is 10.1. The highest BCUT2D eigenvalue weighted by atomic mass is 79.9. The largest absolute Gasteiger partial charge is 0.391 e. The van der Waals surface area contributed by atoms with Gasteiger partial charge in [-0.1, -0.05) is 22.0 Å². The molecule has 102 valence electrons. The summed E-state index contributed by atoms with van der Waals surface area (Å²) >= 11 is 4.57. The van der Waals surface area contributed by atoms with Gasteiger partial charge in [0, 0.05) is 19.9 Å². The number of hydrogen-bond donors (Lipinski definition) is 2. The number of thiophene rings is 1. The number of sulfonamides is 1. The molecule has 0 spiro atoms. The van der Waals surface area contributed by atoms with Crippen molar-refractivity contribution in [3.05, 3.63) is 44.6 Å². The van der Waals surface area contributed by atoms with Crippen LogP contribution >= 0.6 is 27.3 Å². The van der Waals surface area contributed by atoms with E-state index in [1.165, 1.54) is 17.4 Å². The summed E-state index contributed by atoms with van der Waals surface area (Å²) in [6.45, 7) is 1.57. The second-order valence-corrected chi connectivity index (χ2v) is 7.81. The molecule has 0 aliphatic carbocycles. The van der Waals surface area contributed by atoms with Gasteiger partial charge < -0.3 is 5.11 Å². The first-order valence-electron chi connectivity index (χ1n) is 5.41. The fourth-order valence-electron chi connectivity index (χ4n) is 1.63. The number of aliphatic hydroxyl groups is 1. The fourth-order valence-corrected chi connectivity index (χ4v) is 4.58. The van der Waals surface area contributed by atoms with Crippen LogP contribution in [0.3, 0.4) is 0 Å². The Morgan fingerprint density at radius 1 is 1.37 bits per heavy atom. The highest BCUT2D eigenvalue weighted by Crippen LogP contribution is 2.28. The lowest BCUT2D eigenvalue weighted by Gasteiger charge is -2.07. The van der Waals surface area contributed by atoms with E-state index in [9.17, 15) is 8.42 Å². The fraction of sp³-hybridized carbons (Fsp3) is 0.167. The Kier molecular flexibility index (Phi) is 4.29. The topological polar surface area (TPSA) is 66.4 Å². The Hall–Kier alpha value is -0.890. The summed E-state index contributed by atoms with van der Waals surface area (Å²) in [7, 11) is -3.62. The number of aliphatic hydroxyl groups excluding tert-OH is 1. The van der Waals surface area contributed by atoms with Crippen LogP contribution in [0.2, 0.25) is 0 Å². The number of hydrogen-bond acceptors (Lipinski definition) is 4. The van der Waals surface area contributed by atoms with Gasteiger partial charge in [-0.3, -0.25) is 4.72 Å². The van der Waals surface area contributed by atoms with Crippen LogP contribution in [0.4, 0.5) is 5.69 Å². The van der Waals surface area contributed by atoms with Crippen LogP contribution in [0.1, 0.15) is 9.75 Å². The van der Waals surface area contributed by atoms with E-state index < -0.39 is 10.0 Å². The van der Waals surface area contributed by atoms with Gasteiger partial charge in [0.2, 0.25) is 0 Å². The van der Waals surface area contributed by atoms with Crippen LogP contribution in [-0.2, 0) is 16.6 Å². The van der Waals surface area contributed by atoms with Crippen molar-refractivity contribution in [2.24, 2.45) is 0 Å². The number of anilines is 1. The number of benzene rings is 1. The lowest BCUT2D eigenvalue weighted by atomic mass is 10.3. The van der Waals surface area contributed by atoms with Gasteiger partial charge in [-0.25, -0.2) is 8.42 Å². The first-order valence-corrected chi connectivity index (χ1v) is 8.50. The van der Waals surface area contributed by atoms with Crippen LogP contribution in [0.15, 0.2) is 39.7 Å². The molecular formula is C12H12BrNO3S2. The third kappa shape index (κ3) is 3.36. The maximum absolute atomic E-state index is 12.3. The molecule has 2 N–H and O–H groups in total. The molecule has 1 aromatic heterocycles. The van der Waals surface area contributed by atoms with E-state index in [0.29, 0.717) is 15.4 Å². The highest BCUT2D eigenvalue weighted by Gasteiger charge is 2.19. The molecule has 1 aromatic carbocycles. The van der Waals surface area contributed by atoms with E-state index in [2.05, 4.69) is 20.7 Å². The Bertz CT molecular complexity index is 695. The zero-order valence-corrected chi connectivity index (χ0v) is 13.3. The molecule has 0 saturated carbocycles. The number of aryl methyl sites for hydroxylation is 1. The summed E-state index contributed by atoms with van der Waals surface area (Å²) in [6, 6.07) is 8.43. The van der Waals surface area contributed by atoms with Gasteiger partial charge in [0.05, 0.1) is 6.61 Å². The Morgan fingerprint density at radius 3 is 2.68 bits per heavy atom. The van der Waals surface area contributed by atoms with Crippen LogP contribution in [0.5, 0.6) is 0 Å². The lowest BCUT2D eigenvalue weighted by Crippen LogP contribution is -2.13. The third-order valence-electron chi connectivity index (χ3n) is 2.45.